The third-order valence-electron chi connectivity index (χ3n) is 2.87. The average Bonchev–Trinajstić information content (AvgIpc) is 2.34. The molecular formula is C15H14Cl2Zr. The number of hydrogen-bond donors (Lipinski definition) is 0. The van der Waals surface area contributed by atoms with Crippen molar-refractivity contribution in [2.75, 3.05) is 0 Å². The molecule has 0 fully saturated rings. The summed E-state index contributed by atoms with van der Waals surface area (Å²) in [4.78, 5) is 0. The van der Waals surface area contributed by atoms with Gasteiger partial charge in [0.2, 0.25) is 0 Å². The average molecular weight is 356 g/mol. The molecule has 0 spiro atoms. The van der Waals surface area contributed by atoms with Crippen molar-refractivity contribution in [1.82, 2.24) is 0 Å². The third kappa shape index (κ3) is 3.41. The summed E-state index contributed by atoms with van der Waals surface area (Å²) in [5.41, 5.74) is 4.81. The molecule has 2 rings (SSSR count). The summed E-state index contributed by atoms with van der Waals surface area (Å²) >= 11 is -2.48. The van der Waals surface area contributed by atoms with Gasteiger partial charge in [-0.25, -0.2) is 0 Å². The molecule has 3 heteroatoms. The molecule has 0 heterocycles. The van der Waals surface area contributed by atoms with Crippen LogP contribution in [0.5, 0.6) is 0 Å². The zero-order valence-corrected chi connectivity index (χ0v) is 14.3. The summed E-state index contributed by atoms with van der Waals surface area (Å²) in [6.07, 6.45) is 0. The Bertz CT molecular complexity index is 517. The zero-order chi connectivity index (χ0) is 13.1. The molecule has 0 amide bonds. The molecule has 0 aliphatic heterocycles. The molecule has 0 aliphatic rings. The summed E-state index contributed by atoms with van der Waals surface area (Å²) in [6, 6.07) is 16.8. The van der Waals surface area contributed by atoms with Gasteiger partial charge in [-0.1, -0.05) is 0 Å². The number of benzene rings is 2. The molecule has 2 aromatic carbocycles. The second kappa shape index (κ2) is 6.28. The Morgan fingerprint density at radius 3 is 1.33 bits per heavy atom. The molecular weight excluding hydrogens is 342 g/mol. The van der Waals surface area contributed by atoms with Gasteiger partial charge in [0.05, 0.1) is 0 Å². The van der Waals surface area contributed by atoms with Crippen LogP contribution in [0, 0.1) is 13.8 Å². The standard InChI is InChI=1S/C15H14.2ClH.Zr/c1-12-3-7-14(8-4-12)11-15-9-5-13(2)6-10-15;;;/h3-10H,1-2H3;2*1H;/q;;;+2/p-2. The molecule has 18 heavy (non-hydrogen) atoms. The van der Waals surface area contributed by atoms with Crippen molar-refractivity contribution in [3.8, 4) is 0 Å². The summed E-state index contributed by atoms with van der Waals surface area (Å²) in [5, 5.41) is 0. The van der Waals surface area contributed by atoms with Gasteiger partial charge in [-0.2, -0.15) is 0 Å². The van der Waals surface area contributed by atoms with Crippen LogP contribution in [0.2, 0.25) is 0 Å². The van der Waals surface area contributed by atoms with Crippen molar-refractivity contribution < 1.29 is 18.9 Å². The first-order valence-electron chi connectivity index (χ1n) is 5.77. The van der Waals surface area contributed by atoms with Gasteiger partial charge in [-0.15, -0.1) is 0 Å². The molecule has 0 radical (unpaired) electrons. The predicted molar refractivity (Wildman–Crippen MR) is 77.3 cm³/mol. The Morgan fingerprint density at radius 2 is 1.06 bits per heavy atom. The predicted octanol–water partition coefficient (Wildman–Crippen LogP) is 4.80. The van der Waals surface area contributed by atoms with E-state index in [-0.39, 0.29) is 0 Å². The van der Waals surface area contributed by atoms with Crippen molar-refractivity contribution in [1.29, 1.82) is 0 Å². The van der Waals surface area contributed by atoms with Crippen LogP contribution in [-0.2, 0) is 18.9 Å². The van der Waals surface area contributed by atoms with Crippen molar-refractivity contribution >= 4 is 20.2 Å². The third-order valence-corrected chi connectivity index (χ3v) is 7.45. The van der Waals surface area contributed by atoms with Gasteiger partial charge in [0.25, 0.3) is 0 Å². The van der Waals surface area contributed by atoms with Crippen LogP contribution in [0.4, 0.5) is 0 Å². The van der Waals surface area contributed by atoms with Crippen molar-refractivity contribution in [2.24, 2.45) is 0 Å². The van der Waals surface area contributed by atoms with Gasteiger partial charge >= 0.3 is 124 Å². The second-order valence-corrected chi connectivity index (χ2v) is 12.5. The van der Waals surface area contributed by atoms with E-state index in [4.69, 9.17) is 17.0 Å². The summed E-state index contributed by atoms with van der Waals surface area (Å²) in [5.74, 6) is 0. The fourth-order valence-corrected chi connectivity index (χ4v) is 6.30. The molecule has 0 unspecified atom stereocenters. The first-order valence-corrected chi connectivity index (χ1v) is 13.3. The van der Waals surface area contributed by atoms with Crippen LogP contribution < -0.4 is 0 Å². The normalized spacial score (nSPS) is 10.2. The summed E-state index contributed by atoms with van der Waals surface area (Å²) in [7, 11) is 12.6. The van der Waals surface area contributed by atoms with Crippen LogP contribution in [0.3, 0.4) is 0 Å². The van der Waals surface area contributed by atoms with Gasteiger partial charge in [0.15, 0.2) is 0 Å². The Morgan fingerprint density at radius 1 is 0.722 bits per heavy atom. The molecule has 0 aromatic heterocycles. The Balaban J connectivity index is 2.51. The van der Waals surface area contributed by atoms with E-state index >= 15 is 0 Å². The second-order valence-electron chi connectivity index (χ2n) is 4.37. The zero-order valence-electron chi connectivity index (χ0n) is 10.4. The van der Waals surface area contributed by atoms with E-state index in [9.17, 15) is 0 Å². The Kier molecular flexibility index (Phi) is 4.95. The fraction of sp³-hybridized carbons (Fsp3) is 0.133. The topological polar surface area (TPSA) is 0 Å². The van der Waals surface area contributed by atoms with Crippen molar-refractivity contribution in [3.63, 3.8) is 0 Å². The molecule has 0 atom stereocenters. The summed E-state index contributed by atoms with van der Waals surface area (Å²) in [6.45, 7) is 4.16. The van der Waals surface area contributed by atoms with Gasteiger partial charge in [0, 0.05) is 0 Å². The SMILES string of the molecule is Cc1ccc([C](c2ccc(C)cc2)=[Zr]([Cl])[Cl])cc1. The van der Waals surface area contributed by atoms with Gasteiger partial charge < -0.3 is 0 Å². The maximum atomic E-state index is 6.32. The molecule has 0 saturated heterocycles. The number of hydrogen-bond acceptors (Lipinski definition) is 0. The van der Waals surface area contributed by atoms with Crippen molar-refractivity contribution in [2.45, 2.75) is 13.8 Å². The Hall–Kier alpha value is -0.227. The number of halogens is 2. The quantitative estimate of drug-likeness (QED) is 0.725. The van der Waals surface area contributed by atoms with Gasteiger partial charge in [-0.3, -0.25) is 0 Å². The molecule has 0 saturated carbocycles. The minimum absolute atomic E-state index is 1.15. The van der Waals surface area contributed by atoms with Crippen molar-refractivity contribution in [3.05, 3.63) is 70.8 Å². The van der Waals surface area contributed by atoms with Crippen LogP contribution in [0.25, 0.3) is 0 Å². The minimum atomic E-state index is -2.48. The van der Waals surface area contributed by atoms with E-state index in [1.165, 1.54) is 11.1 Å². The van der Waals surface area contributed by atoms with E-state index in [0.717, 1.165) is 14.3 Å². The summed E-state index contributed by atoms with van der Waals surface area (Å²) < 4.78 is 1.15. The van der Waals surface area contributed by atoms with E-state index in [2.05, 4.69) is 62.4 Å². The van der Waals surface area contributed by atoms with E-state index in [0.29, 0.717) is 0 Å². The monoisotopic (exact) mass is 354 g/mol. The van der Waals surface area contributed by atoms with Gasteiger partial charge in [0.1, 0.15) is 0 Å². The molecule has 2 aromatic rings. The number of aryl methyl sites for hydroxylation is 2. The molecule has 0 bridgehead atoms. The molecule has 0 N–H and O–H groups in total. The van der Waals surface area contributed by atoms with E-state index < -0.39 is 18.9 Å². The number of rotatable bonds is 2. The molecule has 92 valence electrons. The van der Waals surface area contributed by atoms with Gasteiger partial charge in [-0.05, 0) is 0 Å². The molecule has 0 nitrogen and oxygen atoms in total. The van der Waals surface area contributed by atoms with E-state index in [1.807, 2.05) is 0 Å². The maximum absolute atomic E-state index is 6.32. The van der Waals surface area contributed by atoms with Crippen LogP contribution >= 0.6 is 17.0 Å². The first-order chi connectivity index (χ1) is 8.58. The molecule has 0 aliphatic carbocycles. The van der Waals surface area contributed by atoms with Crippen LogP contribution in [-0.4, -0.2) is 3.21 Å². The Labute approximate surface area is 123 Å². The van der Waals surface area contributed by atoms with E-state index in [1.54, 1.807) is 0 Å². The van der Waals surface area contributed by atoms with Crippen LogP contribution in [0.15, 0.2) is 48.5 Å². The fourth-order valence-electron chi connectivity index (χ4n) is 1.83. The van der Waals surface area contributed by atoms with Crippen LogP contribution in [0.1, 0.15) is 22.3 Å². The first kappa shape index (κ1) is 14.2.